The summed E-state index contributed by atoms with van der Waals surface area (Å²) >= 11 is 0. The van der Waals surface area contributed by atoms with Crippen molar-refractivity contribution in [3.05, 3.63) is 83.2 Å². The smallest absolute Gasteiger partial charge is 0.140 e. The normalized spacial score (nSPS) is 13.4. The molecule has 0 aliphatic carbocycles. The predicted octanol–water partition coefficient (Wildman–Crippen LogP) is 3.94. The van der Waals surface area contributed by atoms with Gasteiger partial charge in [-0.25, -0.2) is 9.97 Å². The van der Waals surface area contributed by atoms with E-state index in [9.17, 15) is 0 Å². The maximum atomic E-state index is 6.25. The summed E-state index contributed by atoms with van der Waals surface area (Å²) in [5.41, 5.74) is 15.6. The number of nitrogens with zero attached hydrogens (tertiary/aromatic N) is 2. The molecule has 122 valence electrons. The van der Waals surface area contributed by atoms with Crippen LogP contribution < -0.4 is 11.5 Å². The van der Waals surface area contributed by atoms with Gasteiger partial charge in [0.15, 0.2) is 0 Å². The molecule has 4 nitrogen and oxygen atoms in total. The monoisotopic (exact) mass is 318 g/mol. The first-order chi connectivity index (χ1) is 11.6. The van der Waals surface area contributed by atoms with E-state index < -0.39 is 0 Å². The van der Waals surface area contributed by atoms with Crippen molar-refractivity contribution in [1.82, 2.24) is 9.97 Å². The molecule has 2 atom stereocenters. The summed E-state index contributed by atoms with van der Waals surface area (Å²) in [6, 6.07) is 20.2. The topological polar surface area (TPSA) is 77.8 Å². The van der Waals surface area contributed by atoms with Crippen molar-refractivity contribution in [3.63, 3.8) is 0 Å². The molecule has 0 aliphatic rings. The van der Waals surface area contributed by atoms with Gasteiger partial charge in [-0.2, -0.15) is 0 Å². The number of anilines is 2. The average Bonchev–Trinajstić information content (AvgIpc) is 2.61. The van der Waals surface area contributed by atoms with Crippen LogP contribution in [0.3, 0.4) is 0 Å². The Morgan fingerprint density at radius 3 is 1.54 bits per heavy atom. The number of nitrogen functional groups attached to an aromatic ring is 2. The van der Waals surface area contributed by atoms with Crippen LogP contribution in [-0.4, -0.2) is 9.97 Å². The largest absolute Gasteiger partial charge is 0.383 e. The highest BCUT2D eigenvalue weighted by atomic mass is 15.0. The minimum absolute atomic E-state index is 0.0388. The van der Waals surface area contributed by atoms with Crippen LogP contribution in [0.4, 0.5) is 11.6 Å². The SMILES string of the molecule is CC(c1ccccc1)c1nc(N)c(C(C)c2ccccc2)c(N)n1. The molecule has 4 heteroatoms. The zero-order valence-electron chi connectivity index (χ0n) is 14.0. The number of hydrogen-bond acceptors (Lipinski definition) is 4. The third-order valence-electron chi connectivity index (χ3n) is 4.44. The van der Waals surface area contributed by atoms with E-state index in [0.717, 1.165) is 16.7 Å². The van der Waals surface area contributed by atoms with Crippen LogP contribution in [0.1, 0.15) is 48.2 Å². The Balaban J connectivity index is 1.98. The van der Waals surface area contributed by atoms with Crippen LogP contribution in [0.15, 0.2) is 60.7 Å². The Bertz CT molecular complexity index is 793. The van der Waals surface area contributed by atoms with Crippen molar-refractivity contribution in [3.8, 4) is 0 Å². The predicted molar refractivity (Wildman–Crippen MR) is 98.8 cm³/mol. The second-order valence-corrected chi connectivity index (χ2v) is 6.03. The summed E-state index contributed by atoms with van der Waals surface area (Å²) in [4.78, 5) is 9.09. The van der Waals surface area contributed by atoms with Gasteiger partial charge in [0, 0.05) is 17.4 Å². The molecule has 3 aromatic rings. The van der Waals surface area contributed by atoms with E-state index in [1.165, 1.54) is 0 Å². The molecule has 2 unspecified atom stereocenters. The lowest BCUT2D eigenvalue weighted by Gasteiger charge is -2.19. The molecule has 0 bridgehead atoms. The van der Waals surface area contributed by atoms with E-state index in [2.05, 4.69) is 48.1 Å². The summed E-state index contributed by atoms with van der Waals surface area (Å²) in [6.45, 7) is 4.13. The lowest BCUT2D eigenvalue weighted by molar-refractivity contribution is 0.804. The van der Waals surface area contributed by atoms with Crippen LogP contribution in [0.2, 0.25) is 0 Å². The fourth-order valence-corrected chi connectivity index (χ4v) is 2.96. The van der Waals surface area contributed by atoms with E-state index in [-0.39, 0.29) is 11.8 Å². The molecular formula is C20H22N4. The van der Waals surface area contributed by atoms with Crippen LogP contribution >= 0.6 is 0 Å². The third-order valence-corrected chi connectivity index (χ3v) is 4.44. The summed E-state index contributed by atoms with van der Waals surface area (Å²) in [5, 5.41) is 0. The number of rotatable bonds is 4. The van der Waals surface area contributed by atoms with Gasteiger partial charge in [0.25, 0.3) is 0 Å². The second-order valence-electron chi connectivity index (χ2n) is 6.03. The lowest BCUT2D eigenvalue weighted by Crippen LogP contribution is -2.13. The summed E-state index contributed by atoms with van der Waals surface area (Å²) < 4.78 is 0. The number of hydrogen-bond donors (Lipinski definition) is 2. The van der Waals surface area contributed by atoms with E-state index >= 15 is 0 Å². The Morgan fingerprint density at radius 2 is 1.08 bits per heavy atom. The van der Waals surface area contributed by atoms with Crippen molar-refractivity contribution in [1.29, 1.82) is 0 Å². The zero-order valence-corrected chi connectivity index (χ0v) is 14.0. The zero-order chi connectivity index (χ0) is 17.1. The van der Waals surface area contributed by atoms with Gasteiger partial charge >= 0.3 is 0 Å². The minimum Gasteiger partial charge on any atom is -0.383 e. The van der Waals surface area contributed by atoms with Crippen molar-refractivity contribution >= 4 is 11.6 Å². The van der Waals surface area contributed by atoms with E-state index in [1.807, 2.05) is 36.4 Å². The first-order valence-electron chi connectivity index (χ1n) is 8.10. The van der Waals surface area contributed by atoms with E-state index in [1.54, 1.807) is 0 Å². The summed E-state index contributed by atoms with van der Waals surface area (Å²) in [6.07, 6.45) is 0. The molecule has 0 radical (unpaired) electrons. The first-order valence-corrected chi connectivity index (χ1v) is 8.10. The van der Waals surface area contributed by atoms with Crippen molar-refractivity contribution in [2.75, 3.05) is 11.5 Å². The lowest BCUT2D eigenvalue weighted by atomic mass is 9.93. The molecule has 2 aromatic carbocycles. The maximum absolute atomic E-state index is 6.25. The van der Waals surface area contributed by atoms with Gasteiger partial charge in [-0.1, -0.05) is 74.5 Å². The van der Waals surface area contributed by atoms with E-state index in [4.69, 9.17) is 11.5 Å². The van der Waals surface area contributed by atoms with Crippen molar-refractivity contribution in [2.24, 2.45) is 0 Å². The van der Waals surface area contributed by atoms with Gasteiger partial charge in [-0.3, -0.25) is 0 Å². The molecule has 0 saturated carbocycles. The third kappa shape index (κ3) is 3.08. The molecule has 3 rings (SSSR count). The average molecular weight is 318 g/mol. The Hall–Kier alpha value is -2.88. The highest BCUT2D eigenvalue weighted by Gasteiger charge is 2.20. The Morgan fingerprint density at radius 1 is 0.667 bits per heavy atom. The molecule has 0 saturated heterocycles. The van der Waals surface area contributed by atoms with Gasteiger partial charge in [-0.15, -0.1) is 0 Å². The van der Waals surface area contributed by atoms with Gasteiger partial charge in [0.05, 0.1) is 0 Å². The molecule has 0 fully saturated rings. The summed E-state index contributed by atoms with van der Waals surface area (Å²) in [7, 11) is 0. The number of nitrogens with two attached hydrogens (primary N) is 2. The molecule has 0 spiro atoms. The maximum Gasteiger partial charge on any atom is 0.140 e. The summed E-state index contributed by atoms with van der Waals surface area (Å²) in [5.74, 6) is 1.65. The van der Waals surface area contributed by atoms with Crippen LogP contribution in [0.5, 0.6) is 0 Å². The van der Waals surface area contributed by atoms with E-state index in [0.29, 0.717) is 17.5 Å². The van der Waals surface area contributed by atoms with Crippen molar-refractivity contribution < 1.29 is 0 Å². The van der Waals surface area contributed by atoms with Crippen molar-refractivity contribution in [2.45, 2.75) is 25.7 Å². The van der Waals surface area contributed by atoms with Gasteiger partial charge < -0.3 is 11.5 Å². The first kappa shape index (κ1) is 16.0. The second kappa shape index (κ2) is 6.71. The molecular weight excluding hydrogens is 296 g/mol. The Kier molecular flexibility index (Phi) is 4.47. The fourth-order valence-electron chi connectivity index (χ4n) is 2.96. The molecule has 1 aromatic heterocycles. The highest BCUT2D eigenvalue weighted by molar-refractivity contribution is 5.58. The van der Waals surface area contributed by atoms with Crippen LogP contribution in [-0.2, 0) is 0 Å². The highest BCUT2D eigenvalue weighted by Crippen LogP contribution is 2.33. The fraction of sp³-hybridized carbons (Fsp3) is 0.200. The Labute approximate surface area is 142 Å². The van der Waals surface area contributed by atoms with Gasteiger partial charge in [-0.05, 0) is 11.1 Å². The standard InChI is InChI=1S/C20H22N4/c1-13(15-9-5-3-6-10-15)17-18(21)23-20(24-19(17)22)14(2)16-11-7-4-8-12-16/h3-14H,1-2H3,(H4,21,22,23,24). The molecule has 0 aliphatic heterocycles. The molecule has 4 N–H and O–H groups in total. The molecule has 0 amide bonds. The van der Waals surface area contributed by atoms with Gasteiger partial charge in [0.2, 0.25) is 0 Å². The number of benzene rings is 2. The molecule has 1 heterocycles. The van der Waals surface area contributed by atoms with Gasteiger partial charge in [0.1, 0.15) is 17.5 Å². The van der Waals surface area contributed by atoms with Crippen LogP contribution in [0.25, 0.3) is 0 Å². The van der Waals surface area contributed by atoms with Crippen LogP contribution in [0, 0.1) is 0 Å². The number of aromatic nitrogens is 2. The quantitative estimate of drug-likeness (QED) is 0.763. The minimum atomic E-state index is 0.0388. The molecule has 24 heavy (non-hydrogen) atoms.